The maximum Gasteiger partial charge on any atom is 0.278 e. The van der Waals surface area contributed by atoms with E-state index in [0.29, 0.717) is 36.1 Å². The molecule has 1 fully saturated rings. The Morgan fingerprint density at radius 2 is 2.12 bits per heavy atom. The molecule has 0 radical (unpaired) electrons. The maximum absolute atomic E-state index is 13.1. The second-order valence-corrected chi connectivity index (χ2v) is 6.48. The zero-order valence-electron chi connectivity index (χ0n) is 14.3. The summed E-state index contributed by atoms with van der Waals surface area (Å²) in [7, 11) is 1.87. The normalized spacial score (nSPS) is 17.5. The molecule has 3 aromatic rings. The molecule has 0 saturated carbocycles. The molecule has 1 atom stereocenters. The van der Waals surface area contributed by atoms with Crippen molar-refractivity contribution in [2.75, 3.05) is 13.1 Å². The summed E-state index contributed by atoms with van der Waals surface area (Å²) in [5, 5.41) is 4.08. The zero-order valence-corrected chi connectivity index (χ0v) is 14.3. The molecule has 0 N–H and O–H groups in total. The number of aryl methyl sites for hydroxylation is 1. The molecule has 1 aliphatic rings. The summed E-state index contributed by atoms with van der Waals surface area (Å²) in [5.74, 6) is 0.509. The quantitative estimate of drug-likeness (QED) is 0.722. The molecule has 1 aromatic carbocycles. The molecular weight excluding hydrogens is 337 g/mol. The molecule has 4 rings (SSSR count). The first-order valence-corrected chi connectivity index (χ1v) is 8.47. The van der Waals surface area contributed by atoms with Crippen LogP contribution in [-0.2, 0) is 7.05 Å². The number of piperidine rings is 1. The molecule has 0 aliphatic carbocycles. The van der Waals surface area contributed by atoms with Crippen LogP contribution in [0.15, 0.2) is 41.3 Å². The second-order valence-electron chi connectivity index (χ2n) is 6.48. The number of likely N-dealkylation sites (tertiary alicyclic amines) is 1. The van der Waals surface area contributed by atoms with E-state index in [1.54, 1.807) is 11.2 Å². The number of carbonyl (C=O) groups is 1. The third-order valence-electron chi connectivity index (χ3n) is 4.53. The summed E-state index contributed by atoms with van der Waals surface area (Å²) < 4.78 is 20.2. The van der Waals surface area contributed by atoms with Crippen LogP contribution >= 0.6 is 0 Å². The number of carbonyl (C=O) groups excluding carboxylic acids is 1. The molecule has 0 spiro atoms. The van der Waals surface area contributed by atoms with Crippen LogP contribution in [0.25, 0.3) is 11.6 Å². The Hall–Kier alpha value is -3.03. The molecule has 7 nitrogen and oxygen atoms in total. The number of hydrogen-bond acceptors (Lipinski definition) is 5. The van der Waals surface area contributed by atoms with Gasteiger partial charge >= 0.3 is 0 Å². The Balaban J connectivity index is 1.49. The lowest BCUT2D eigenvalue weighted by Gasteiger charge is -2.31. The fraction of sp³-hybridized carbons (Fsp3) is 0.333. The van der Waals surface area contributed by atoms with E-state index in [2.05, 4.69) is 15.1 Å². The van der Waals surface area contributed by atoms with Crippen molar-refractivity contribution in [2.45, 2.75) is 18.8 Å². The van der Waals surface area contributed by atoms with E-state index in [1.807, 2.05) is 17.8 Å². The summed E-state index contributed by atoms with van der Waals surface area (Å²) in [6.45, 7) is 1.18. The fourth-order valence-electron chi connectivity index (χ4n) is 3.18. The van der Waals surface area contributed by atoms with Crippen molar-refractivity contribution < 1.29 is 13.7 Å². The Labute approximate surface area is 149 Å². The van der Waals surface area contributed by atoms with Gasteiger partial charge in [-0.25, -0.2) is 9.37 Å². The molecular formula is C18H18FN5O2. The first-order valence-electron chi connectivity index (χ1n) is 8.47. The van der Waals surface area contributed by atoms with Gasteiger partial charge < -0.3 is 14.0 Å². The van der Waals surface area contributed by atoms with Gasteiger partial charge in [-0.05, 0) is 37.1 Å². The third-order valence-corrected chi connectivity index (χ3v) is 4.53. The van der Waals surface area contributed by atoms with E-state index in [1.165, 1.54) is 24.3 Å². The van der Waals surface area contributed by atoms with Crippen LogP contribution < -0.4 is 0 Å². The predicted octanol–water partition coefficient (Wildman–Crippen LogP) is 2.63. The highest BCUT2D eigenvalue weighted by atomic mass is 19.1. The van der Waals surface area contributed by atoms with Crippen molar-refractivity contribution in [2.24, 2.45) is 7.05 Å². The first kappa shape index (κ1) is 16.4. The van der Waals surface area contributed by atoms with Gasteiger partial charge in [0.2, 0.25) is 0 Å². The lowest BCUT2D eigenvalue weighted by atomic mass is 9.96. The van der Waals surface area contributed by atoms with Crippen molar-refractivity contribution in [3.63, 3.8) is 0 Å². The second kappa shape index (κ2) is 6.70. The molecule has 1 amide bonds. The molecule has 1 aliphatic heterocycles. The molecule has 134 valence electrons. The van der Waals surface area contributed by atoms with Crippen LogP contribution in [0.4, 0.5) is 4.39 Å². The molecule has 8 heteroatoms. The lowest BCUT2D eigenvalue weighted by Crippen LogP contribution is -2.39. The standard InChI is InChI=1S/C18H18FN5O2/c1-23-10-15(20-11-23)17-21-16(22-26-17)13-3-2-8-24(9-13)18(25)12-4-6-14(19)7-5-12/h4-7,10-11,13H,2-3,8-9H2,1H3. The maximum atomic E-state index is 13.1. The number of rotatable bonds is 3. The van der Waals surface area contributed by atoms with Crippen LogP contribution in [0.2, 0.25) is 0 Å². The minimum absolute atomic E-state index is 0.00867. The molecule has 3 heterocycles. The largest absolute Gasteiger partial charge is 0.340 e. The highest BCUT2D eigenvalue weighted by Gasteiger charge is 2.29. The number of hydrogen-bond donors (Lipinski definition) is 0. The van der Waals surface area contributed by atoms with Crippen LogP contribution in [0, 0.1) is 5.82 Å². The summed E-state index contributed by atoms with van der Waals surface area (Å²) in [4.78, 5) is 23.1. The number of aromatic nitrogens is 4. The van der Waals surface area contributed by atoms with Crippen LogP contribution in [0.5, 0.6) is 0 Å². The molecule has 26 heavy (non-hydrogen) atoms. The summed E-state index contributed by atoms with van der Waals surface area (Å²) in [5.41, 5.74) is 1.11. The van der Waals surface area contributed by atoms with Crippen LogP contribution in [0.3, 0.4) is 0 Å². The SMILES string of the molecule is Cn1cnc(-c2nc(C3CCCN(C(=O)c4ccc(F)cc4)C3)no2)c1. The monoisotopic (exact) mass is 355 g/mol. The zero-order chi connectivity index (χ0) is 18.1. The third kappa shape index (κ3) is 3.22. The Morgan fingerprint density at radius 1 is 1.31 bits per heavy atom. The van der Waals surface area contributed by atoms with Crippen LogP contribution in [0.1, 0.15) is 34.9 Å². The van der Waals surface area contributed by atoms with Gasteiger partial charge in [-0.1, -0.05) is 5.16 Å². The number of nitrogens with zero attached hydrogens (tertiary/aromatic N) is 5. The summed E-state index contributed by atoms with van der Waals surface area (Å²) >= 11 is 0. The molecule has 1 unspecified atom stereocenters. The van der Waals surface area contributed by atoms with Gasteiger partial charge in [0.25, 0.3) is 11.8 Å². The van der Waals surface area contributed by atoms with Gasteiger partial charge in [-0.3, -0.25) is 4.79 Å². The topological polar surface area (TPSA) is 77.1 Å². The number of halogens is 1. The summed E-state index contributed by atoms with van der Waals surface area (Å²) in [6, 6.07) is 5.61. The predicted molar refractivity (Wildman–Crippen MR) is 90.8 cm³/mol. The van der Waals surface area contributed by atoms with Gasteiger partial charge in [0.15, 0.2) is 5.82 Å². The molecule has 2 aromatic heterocycles. The number of benzene rings is 1. The minimum Gasteiger partial charge on any atom is -0.340 e. The Bertz CT molecular complexity index is 918. The van der Waals surface area contributed by atoms with E-state index in [4.69, 9.17) is 4.52 Å². The van der Waals surface area contributed by atoms with E-state index < -0.39 is 0 Å². The molecule has 0 bridgehead atoms. The highest BCUT2D eigenvalue weighted by Crippen LogP contribution is 2.27. The Morgan fingerprint density at radius 3 is 2.85 bits per heavy atom. The van der Waals surface area contributed by atoms with E-state index in [0.717, 1.165) is 12.8 Å². The van der Waals surface area contributed by atoms with Gasteiger partial charge in [0.05, 0.1) is 6.33 Å². The van der Waals surface area contributed by atoms with E-state index in [9.17, 15) is 9.18 Å². The average Bonchev–Trinajstić information content (AvgIpc) is 3.31. The summed E-state index contributed by atoms with van der Waals surface area (Å²) in [6.07, 6.45) is 5.21. The molecule has 1 saturated heterocycles. The van der Waals surface area contributed by atoms with Crippen molar-refractivity contribution >= 4 is 5.91 Å². The Kier molecular flexibility index (Phi) is 4.24. The van der Waals surface area contributed by atoms with Crippen molar-refractivity contribution in [1.29, 1.82) is 0 Å². The fourth-order valence-corrected chi connectivity index (χ4v) is 3.18. The number of imidazole rings is 1. The smallest absolute Gasteiger partial charge is 0.278 e. The van der Waals surface area contributed by atoms with Crippen molar-refractivity contribution in [3.8, 4) is 11.6 Å². The van der Waals surface area contributed by atoms with Gasteiger partial charge in [0, 0.05) is 37.8 Å². The highest BCUT2D eigenvalue weighted by molar-refractivity contribution is 5.94. The van der Waals surface area contributed by atoms with E-state index in [-0.39, 0.29) is 17.6 Å². The van der Waals surface area contributed by atoms with Gasteiger partial charge in [0.1, 0.15) is 11.5 Å². The van der Waals surface area contributed by atoms with E-state index >= 15 is 0 Å². The first-order chi connectivity index (χ1) is 12.6. The van der Waals surface area contributed by atoms with Gasteiger partial charge in [-0.15, -0.1) is 0 Å². The van der Waals surface area contributed by atoms with Crippen molar-refractivity contribution in [3.05, 3.63) is 54.0 Å². The van der Waals surface area contributed by atoms with Gasteiger partial charge in [-0.2, -0.15) is 4.98 Å². The van der Waals surface area contributed by atoms with Crippen molar-refractivity contribution in [1.82, 2.24) is 24.6 Å². The van der Waals surface area contributed by atoms with Crippen LogP contribution in [-0.4, -0.2) is 43.6 Å². The number of amides is 1. The minimum atomic E-state index is -0.355. The average molecular weight is 355 g/mol. The lowest BCUT2D eigenvalue weighted by molar-refractivity contribution is 0.0703.